The van der Waals surface area contributed by atoms with E-state index in [1.54, 1.807) is 11.3 Å². The van der Waals surface area contributed by atoms with Gasteiger partial charge in [-0.15, -0.1) is 11.3 Å². The van der Waals surface area contributed by atoms with E-state index >= 15 is 0 Å². The Morgan fingerprint density at radius 2 is 0.857 bits per heavy atom. The summed E-state index contributed by atoms with van der Waals surface area (Å²) in [4.78, 5) is 15.6. The van der Waals surface area contributed by atoms with Gasteiger partial charge in [-0.1, -0.05) is 146 Å². The van der Waals surface area contributed by atoms with Crippen LogP contribution in [0.1, 0.15) is 0 Å². The summed E-state index contributed by atoms with van der Waals surface area (Å²) in [6.07, 6.45) is 0. The molecule has 0 fully saturated rings. The summed E-state index contributed by atoms with van der Waals surface area (Å²) >= 11 is 1.80. The third-order valence-corrected chi connectivity index (χ3v) is 11.7. The molecule has 262 valence electrons. The van der Waals surface area contributed by atoms with Crippen LogP contribution in [0.3, 0.4) is 0 Å². The lowest BCUT2D eigenvalue weighted by atomic mass is 9.92. The molecule has 0 bridgehead atoms. The maximum absolute atomic E-state index is 7.16. The van der Waals surface area contributed by atoms with Crippen LogP contribution in [0.5, 0.6) is 0 Å². The van der Waals surface area contributed by atoms with Gasteiger partial charge >= 0.3 is 0 Å². The molecule has 0 unspecified atom stereocenters. The molecule has 0 spiro atoms. The van der Waals surface area contributed by atoms with Crippen molar-refractivity contribution in [3.05, 3.63) is 188 Å². The van der Waals surface area contributed by atoms with Crippen molar-refractivity contribution in [2.24, 2.45) is 0 Å². The fourth-order valence-electron chi connectivity index (χ4n) is 7.85. The maximum Gasteiger partial charge on any atom is 0.167 e. The average molecular weight is 734 g/mol. The standard InChI is InChI=1S/C51H31N3OS/c1-5-15-32(16-6-1)37-30-41(34-19-9-3-10-20-34)47-43(31-37)46-38(33-17-7-2-8-18-33)26-27-40(48(46)55-47)51-53-49(35-21-11-4-12-22-35)52-50(54-51)36-25-28-45-42(29-36)39-23-13-14-24-44(39)56-45/h1-31H. The fourth-order valence-corrected chi connectivity index (χ4v) is 8.94. The predicted octanol–water partition coefficient (Wildman–Crippen LogP) is 14.1. The number of benzene rings is 8. The lowest BCUT2D eigenvalue weighted by Gasteiger charge is -2.11. The molecule has 4 nitrogen and oxygen atoms in total. The number of thiophene rings is 1. The van der Waals surface area contributed by atoms with E-state index in [4.69, 9.17) is 19.4 Å². The molecule has 11 aromatic rings. The first-order chi connectivity index (χ1) is 27.7. The van der Waals surface area contributed by atoms with Crippen molar-refractivity contribution >= 4 is 53.4 Å². The minimum absolute atomic E-state index is 0.553. The van der Waals surface area contributed by atoms with Gasteiger partial charge < -0.3 is 4.42 Å². The number of fused-ring (bicyclic) bond motifs is 6. The second-order valence-electron chi connectivity index (χ2n) is 13.9. The van der Waals surface area contributed by atoms with E-state index in [1.807, 2.05) is 36.4 Å². The molecule has 0 radical (unpaired) electrons. The maximum atomic E-state index is 7.16. The minimum Gasteiger partial charge on any atom is -0.455 e. The van der Waals surface area contributed by atoms with Crippen LogP contribution in [0, 0.1) is 0 Å². The summed E-state index contributed by atoms with van der Waals surface area (Å²) in [6, 6.07) is 65.6. The molecule has 0 amide bonds. The van der Waals surface area contributed by atoms with Crippen LogP contribution in [0.15, 0.2) is 192 Å². The highest BCUT2D eigenvalue weighted by Gasteiger charge is 2.23. The average Bonchev–Trinajstić information content (AvgIpc) is 3.85. The summed E-state index contributed by atoms with van der Waals surface area (Å²) in [5, 5.41) is 4.48. The molecule has 0 aliphatic carbocycles. The largest absolute Gasteiger partial charge is 0.455 e. The van der Waals surface area contributed by atoms with Crippen LogP contribution >= 0.6 is 11.3 Å². The lowest BCUT2D eigenvalue weighted by molar-refractivity contribution is 0.670. The monoisotopic (exact) mass is 733 g/mol. The lowest BCUT2D eigenvalue weighted by Crippen LogP contribution is -2.00. The van der Waals surface area contributed by atoms with Crippen molar-refractivity contribution in [3.63, 3.8) is 0 Å². The third kappa shape index (κ3) is 5.48. The molecular weight excluding hydrogens is 703 g/mol. The Morgan fingerprint density at radius 1 is 0.321 bits per heavy atom. The van der Waals surface area contributed by atoms with Crippen LogP contribution in [0.2, 0.25) is 0 Å². The number of aromatic nitrogens is 3. The Balaban J connectivity index is 1.21. The van der Waals surface area contributed by atoms with Gasteiger partial charge in [0.25, 0.3) is 0 Å². The first kappa shape index (κ1) is 32.2. The van der Waals surface area contributed by atoms with Crippen molar-refractivity contribution < 1.29 is 4.42 Å². The van der Waals surface area contributed by atoms with Gasteiger partial charge in [0.15, 0.2) is 17.5 Å². The van der Waals surface area contributed by atoms with Gasteiger partial charge in [0.05, 0.1) is 5.56 Å². The number of nitrogens with zero attached hydrogens (tertiary/aromatic N) is 3. The zero-order chi connectivity index (χ0) is 37.0. The van der Waals surface area contributed by atoms with Gasteiger partial charge in [-0.3, -0.25) is 0 Å². The number of rotatable bonds is 6. The van der Waals surface area contributed by atoms with Crippen LogP contribution in [-0.2, 0) is 0 Å². The highest BCUT2D eigenvalue weighted by atomic mass is 32.1. The fraction of sp³-hybridized carbons (Fsp3) is 0. The smallest absolute Gasteiger partial charge is 0.167 e. The molecule has 0 aliphatic heterocycles. The second-order valence-corrected chi connectivity index (χ2v) is 15.0. The Morgan fingerprint density at radius 3 is 1.57 bits per heavy atom. The Kier molecular flexibility index (Phi) is 7.64. The molecular formula is C51H31N3OS. The SMILES string of the molecule is c1ccc(-c2cc(-c3ccccc3)c3oc4c(-c5nc(-c6ccccc6)nc(-c6ccc7sc8ccccc8c7c6)n5)ccc(-c5ccccc5)c4c3c2)cc1. The first-order valence-corrected chi connectivity index (χ1v) is 19.5. The van der Waals surface area contributed by atoms with Crippen LogP contribution in [0.4, 0.5) is 0 Å². The van der Waals surface area contributed by atoms with E-state index in [0.29, 0.717) is 17.5 Å². The van der Waals surface area contributed by atoms with E-state index in [-0.39, 0.29) is 0 Å². The highest BCUT2D eigenvalue weighted by molar-refractivity contribution is 7.25. The summed E-state index contributed by atoms with van der Waals surface area (Å²) in [6.45, 7) is 0. The van der Waals surface area contributed by atoms with Crippen molar-refractivity contribution in [2.45, 2.75) is 0 Å². The quantitative estimate of drug-likeness (QED) is 0.171. The van der Waals surface area contributed by atoms with E-state index < -0.39 is 0 Å². The molecule has 3 aromatic heterocycles. The topological polar surface area (TPSA) is 51.8 Å². The van der Waals surface area contributed by atoms with E-state index in [2.05, 4.69) is 152 Å². The molecule has 0 aliphatic rings. The summed E-state index contributed by atoms with van der Waals surface area (Å²) in [7, 11) is 0. The van der Waals surface area contributed by atoms with Crippen molar-refractivity contribution in [3.8, 4) is 67.5 Å². The number of furan rings is 1. The molecule has 3 heterocycles. The van der Waals surface area contributed by atoms with Crippen molar-refractivity contribution in [1.82, 2.24) is 15.0 Å². The van der Waals surface area contributed by atoms with Gasteiger partial charge in [0.2, 0.25) is 0 Å². The zero-order valence-electron chi connectivity index (χ0n) is 30.1. The van der Waals surface area contributed by atoms with Crippen LogP contribution < -0.4 is 0 Å². The van der Waals surface area contributed by atoms with Crippen molar-refractivity contribution in [1.29, 1.82) is 0 Å². The van der Waals surface area contributed by atoms with Crippen molar-refractivity contribution in [2.75, 3.05) is 0 Å². The normalized spacial score (nSPS) is 11.6. The third-order valence-electron chi connectivity index (χ3n) is 10.5. The molecule has 11 rings (SSSR count). The summed E-state index contributed by atoms with van der Waals surface area (Å²) in [5.41, 5.74) is 10.8. The molecule has 56 heavy (non-hydrogen) atoms. The van der Waals surface area contributed by atoms with Crippen LogP contribution in [0.25, 0.3) is 110 Å². The van der Waals surface area contributed by atoms with Gasteiger partial charge in [-0.05, 0) is 70.3 Å². The minimum atomic E-state index is 0.553. The van der Waals surface area contributed by atoms with Gasteiger partial charge in [0.1, 0.15) is 11.2 Å². The van der Waals surface area contributed by atoms with Gasteiger partial charge in [-0.25, -0.2) is 15.0 Å². The second kappa shape index (κ2) is 13.3. The summed E-state index contributed by atoms with van der Waals surface area (Å²) in [5.74, 6) is 1.77. The molecule has 8 aromatic carbocycles. The summed E-state index contributed by atoms with van der Waals surface area (Å²) < 4.78 is 9.66. The molecule has 5 heteroatoms. The van der Waals surface area contributed by atoms with Gasteiger partial charge in [-0.2, -0.15) is 0 Å². The Hall–Kier alpha value is -7.21. The molecule has 0 atom stereocenters. The van der Waals surface area contributed by atoms with E-state index in [0.717, 1.165) is 72.0 Å². The Labute approximate surface area is 327 Å². The van der Waals surface area contributed by atoms with E-state index in [1.165, 1.54) is 20.2 Å². The molecule has 0 saturated carbocycles. The van der Waals surface area contributed by atoms with Crippen LogP contribution in [-0.4, -0.2) is 15.0 Å². The van der Waals surface area contributed by atoms with Gasteiger partial charge in [0, 0.05) is 47.6 Å². The van der Waals surface area contributed by atoms with E-state index in [9.17, 15) is 0 Å². The number of hydrogen-bond acceptors (Lipinski definition) is 5. The predicted molar refractivity (Wildman–Crippen MR) is 233 cm³/mol. The first-order valence-electron chi connectivity index (χ1n) is 18.7. The molecule has 0 saturated heterocycles. The number of hydrogen-bond donors (Lipinski definition) is 0. The Bertz CT molecular complexity index is 3230. The zero-order valence-corrected chi connectivity index (χ0v) is 30.9. The highest BCUT2D eigenvalue weighted by Crippen LogP contribution is 2.46. The molecule has 0 N–H and O–H groups in total.